The van der Waals surface area contributed by atoms with Crippen LogP contribution in [-0.4, -0.2) is 32.7 Å². The fourth-order valence-electron chi connectivity index (χ4n) is 2.53. The molecule has 0 bridgehead atoms. The first-order chi connectivity index (χ1) is 12.2. The maximum Gasteiger partial charge on any atom is 0.180 e. The monoisotopic (exact) mass is 338 g/mol. The van der Waals surface area contributed by atoms with Crippen molar-refractivity contribution in [3.63, 3.8) is 0 Å². The third-order valence-electron chi connectivity index (χ3n) is 3.88. The molecule has 0 saturated heterocycles. The van der Waals surface area contributed by atoms with E-state index >= 15 is 0 Å². The molecule has 0 unspecified atom stereocenters. The summed E-state index contributed by atoms with van der Waals surface area (Å²) in [5.41, 5.74) is 0.841. The number of pyridine rings is 1. The zero-order chi connectivity index (χ0) is 17.6. The number of aromatic nitrogens is 3. The number of ether oxygens (including phenoxy) is 1. The summed E-state index contributed by atoms with van der Waals surface area (Å²) in [5, 5.41) is 14.6. The first-order valence-electron chi connectivity index (χ1n) is 8.33. The highest BCUT2D eigenvalue weighted by Crippen LogP contribution is 2.23. The van der Waals surface area contributed by atoms with Crippen molar-refractivity contribution in [3.8, 4) is 5.75 Å². The van der Waals surface area contributed by atoms with Crippen LogP contribution in [0.2, 0.25) is 0 Å². The Bertz CT molecular complexity index is 854. The Balaban J connectivity index is 1.75. The molecule has 0 amide bonds. The van der Waals surface area contributed by atoms with Gasteiger partial charge < -0.3 is 15.2 Å². The van der Waals surface area contributed by atoms with Crippen molar-refractivity contribution in [3.05, 3.63) is 54.2 Å². The Morgan fingerprint density at radius 1 is 1.16 bits per heavy atom. The molecule has 3 aromatic rings. The highest BCUT2D eigenvalue weighted by atomic mass is 16.5. The molecule has 2 N–H and O–H groups in total. The van der Waals surface area contributed by atoms with Gasteiger partial charge in [0.1, 0.15) is 12.4 Å². The van der Waals surface area contributed by atoms with Crippen LogP contribution >= 0.6 is 0 Å². The van der Waals surface area contributed by atoms with Crippen LogP contribution in [0.1, 0.15) is 24.9 Å². The van der Waals surface area contributed by atoms with E-state index in [1.54, 1.807) is 6.20 Å². The number of anilines is 1. The van der Waals surface area contributed by atoms with E-state index < -0.39 is 0 Å². The average Bonchev–Trinajstić information content (AvgIpc) is 2.61. The second kappa shape index (κ2) is 7.90. The van der Waals surface area contributed by atoms with Gasteiger partial charge in [-0.05, 0) is 31.7 Å². The van der Waals surface area contributed by atoms with Crippen LogP contribution in [0.5, 0.6) is 5.75 Å². The van der Waals surface area contributed by atoms with Gasteiger partial charge in [0.05, 0.1) is 11.9 Å². The molecule has 0 fully saturated rings. The Kier molecular flexibility index (Phi) is 5.40. The van der Waals surface area contributed by atoms with Crippen LogP contribution in [0.4, 0.5) is 5.82 Å². The summed E-state index contributed by atoms with van der Waals surface area (Å²) in [5.74, 6) is 1.87. The minimum absolute atomic E-state index is 0.0837. The standard InChI is InChI=1S/C19H22N4O2/c1-13(7-8-24)22-19-18(11-20-14(2)23-19)25-12-17-9-15-5-3-4-6-16(15)10-21-17/h3-6,9-11,13,24H,7-8,12H2,1-2H3,(H,20,22,23)/t13-/m0/s1. The van der Waals surface area contributed by atoms with E-state index in [0.29, 0.717) is 30.4 Å². The molecule has 0 aliphatic rings. The fourth-order valence-corrected chi connectivity index (χ4v) is 2.53. The molecule has 1 aromatic carbocycles. The van der Waals surface area contributed by atoms with E-state index in [9.17, 15) is 0 Å². The van der Waals surface area contributed by atoms with E-state index in [2.05, 4.69) is 26.3 Å². The van der Waals surface area contributed by atoms with Crippen molar-refractivity contribution >= 4 is 16.6 Å². The third kappa shape index (κ3) is 4.42. The van der Waals surface area contributed by atoms with Gasteiger partial charge in [-0.1, -0.05) is 24.3 Å². The van der Waals surface area contributed by atoms with E-state index in [0.717, 1.165) is 16.5 Å². The summed E-state index contributed by atoms with van der Waals surface area (Å²) >= 11 is 0. The van der Waals surface area contributed by atoms with Gasteiger partial charge in [-0.3, -0.25) is 4.98 Å². The molecule has 2 heterocycles. The Hall–Kier alpha value is -2.73. The molecule has 0 radical (unpaired) electrons. The van der Waals surface area contributed by atoms with Crippen molar-refractivity contribution in [2.45, 2.75) is 32.9 Å². The van der Waals surface area contributed by atoms with Crippen molar-refractivity contribution in [2.24, 2.45) is 0 Å². The minimum Gasteiger partial charge on any atom is -0.482 e. The van der Waals surface area contributed by atoms with Crippen molar-refractivity contribution < 1.29 is 9.84 Å². The molecule has 3 rings (SSSR count). The number of rotatable bonds is 7. The van der Waals surface area contributed by atoms with Crippen LogP contribution in [0.25, 0.3) is 10.8 Å². The summed E-state index contributed by atoms with van der Waals surface area (Å²) in [6.07, 6.45) is 4.15. The van der Waals surface area contributed by atoms with Crippen molar-refractivity contribution in [2.75, 3.05) is 11.9 Å². The molecule has 0 aliphatic carbocycles. The lowest BCUT2D eigenvalue weighted by molar-refractivity contribution is 0.281. The lowest BCUT2D eigenvalue weighted by Gasteiger charge is -2.16. The minimum atomic E-state index is 0.0837. The summed E-state index contributed by atoms with van der Waals surface area (Å²) < 4.78 is 5.89. The lowest BCUT2D eigenvalue weighted by atomic mass is 10.1. The van der Waals surface area contributed by atoms with Gasteiger partial charge >= 0.3 is 0 Å². The molecule has 6 nitrogen and oxygen atoms in total. The largest absolute Gasteiger partial charge is 0.482 e. The number of aliphatic hydroxyl groups excluding tert-OH is 1. The van der Waals surface area contributed by atoms with Crippen LogP contribution in [0.15, 0.2) is 42.7 Å². The normalized spacial score (nSPS) is 12.1. The molecule has 6 heteroatoms. The number of aliphatic hydroxyl groups is 1. The SMILES string of the molecule is Cc1ncc(OCc2cc3ccccc3cn2)c(N[C@@H](C)CCO)n1. The highest BCUT2D eigenvalue weighted by molar-refractivity contribution is 5.81. The first kappa shape index (κ1) is 17.1. The van der Waals surface area contributed by atoms with Crippen LogP contribution in [0, 0.1) is 6.92 Å². The topological polar surface area (TPSA) is 80.2 Å². The molecule has 130 valence electrons. The lowest BCUT2D eigenvalue weighted by Crippen LogP contribution is -2.18. The molecular formula is C19H22N4O2. The number of aryl methyl sites for hydroxylation is 1. The molecule has 25 heavy (non-hydrogen) atoms. The molecular weight excluding hydrogens is 316 g/mol. The molecule has 0 aliphatic heterocycles. The zero-order valence-corrected chi connectivity index (χ0v) is 14.4. The van der Waals surface area contributed by atoms with E-state index in [1.807, 2.05) is 44.3 Å². The van der Waals surface area contributed by atoms with Gasteiger partial charge in [-0.15, -0.1) is 0 Å². The summed E-state index contributed by atoms with van der Waals surface area (Å²) in [6, 6.07) is 10.2. The number of benzene rings is 1. The van der Waals surface area contributed by atoms with Gasteiger partial charge in [0.25, 0.3) is 0 Å². The quantitative estimate of drug-likeness (QED) is 0.689. The Labute approximate surface area is 146 Å². The third-order valence-corrected chi connectivity index (χ3v) is 3.88. The molecule has 2 aromatic heterocycles. The van der Waals surface area contributed by atoms with Crippen molar-refractivity contribution in [1.82, 2.24) is 15.0 Å². The number of nitrogens with zero attached hydrogens (tertiary/aromatic N) is 3. The second-order valence-electron chi connectivity index (χ2n) is 6.00. The molecule has 1 atom stereocenters. The van der Waals surface area contributed by atoms with Crippen molar-refractivity contribution in [1.29, 1.82) is 0 Å². The second-order valence-corrected chi connectivity index (χ2v) is 6.00. The van der Waals surface area contributed by atoms with Crippen LogP contribution in [-0.2, 0) is 6.61 Å². The first-order valence-corrected chi connectivity index (χ1v) is 8.33. The number of hydrogen-bond acceptors (Lipinski definition) is 6. The maximum atomic E-state index is 9.06. The summed E-state index contributed by atoms with van der Waals surface area (Å²) in [4.78, 5) is 13.1. The van der Waals surface area contributed by atoms with Crippen LogP contribution in [0.3, 0.4) is 0 Å². The van der Waals surface area contributed by atoms with Gasteiger partial charge in [0.2, 0.25) is 0 Å². The van der Waals surface area contributed by atoms with Gasteiger partial charge in [-0.25, -0.2) is 9.97 Å². The number of nitrogens with one attached hydrogen (secondary N) is 1. The predicted molar refractivity (Wildman–Crippen MR) is 97.6 cm³/mol. The van der Waals surface area contributed by atoms with Crippen LogP contribution < -0.4 is 10.1 Å². The maximum absolute atomic E-state index is 9.06. The van der Waals surface area contributed by atoms with Gasteiger partial charge in [0.15, 0.2) is 11.6 Å². The summed E-state index contributed by atoms with van der Waals surface area (Å²) in [7, 11) is 0. The average molecular weight is 338 g/mol. The summed E-state index contributed by atoms with van der Waals surface area (Å²) in [6.45, 7) is 4.27. The smallest absolute Gasteiger partial charge is 0.180 e. The molecule has 0 saturated carbocycles. The van der Waals surface area contributed by atoms with E-state index in [-0.39, 0.29) is 12.6 Å². The molecule has 0 spiro atoms. The Morgan fingerprint density at radius 2 is 1.96 bits per heavy atom. The highest BCUT2D eigenvalue weighted by Gasteiger charge is 2.11. The zero-order valence-electron chi connectivity index (χ0n) is 14.4. The van der Waals surface area contributed by atoms with E-state index in [1.165, 1.54) is 0 Å². The number of hydrogen-bond donors (Lipinski definition) is 2. The van der Waals surface area contributed by atoms with E-state index in [4.69, 9.17) is 9.84 Å². The fraction of sp³-hybridized carbons (Fsp3) is 0.316. The van der Waals surface area contributed by atoms with Gasteiger partial charge in [0, 0.05) is 24.2 Å². The van der Waals surface area contributed by atoms with Gasteiger partial charge in [-0.2, -0.15) is 0 Å². The number of fused-ring (bicyclic) bond motifs is 1. The predicted octanol–water partition coefficient (Wildman–Crippen LogP) is 3.10. The Morgan fingerprint density at radius 3 is 2.76 bits per heavy atom.